The van der Waals surface area contributed by atoms with Crippen molar-refractivity contribution in [3.63, 3.8) is 0 Å². The van der Waals surface area contributed by atoms with E-state index in [4.69, 9.17) is 5.11 Å². The van der Waals surface area contributed by atoms with Gasteiger partial charge < -0.3 is 10.2 Å². The van der Waals surface area contributed by atoms with E-state index in [-0.39, 0.29) is 12.7 Å². The molecule has 2 N–H and O–H groups in total. The van der Waals surface area contributed by atoms with Gasteiger partial charge in [-0.3, -0.25) is 0 Å². The summed E-state index contributed by atoms with van der Waals surface area (Å²) in [4.78, 5) is 0. The Balaban J connectivity index is 3.08. The Hall–Kier alpha value is -0.340. The molecule has 0 bridgehead atoms. The summed E-state index contributed by atoms with van der Waals surface area (Å²) >= 11 is 0. The van der Waals surface area contributed by atoms with Crippen LogP contribution in [0.15, 0.2) is 12.7 Å². The summed E-state index contributed by atoms with van der Waals surface area (Å²) in [6, 6.07) is 0. The van der Waals surface area contributed by atoms with Crippen molar-refractivity contribution < 1.29 is 10.2 Å². The van der Waals surface area contributed by atoms with Crippen LogP contribution in [0.1, 0.15) is 32.1 Å². The minimum Gasteiger partial charge on any atom is -0.396 e. The number of aliphatic hydroxyl groups excluding tert-OH is 2. The highest BCUT2D eigenvalue weighted by molar-refractivity contribution is 4.67. The average molecular weight is 158 g/mol. The molecule has 0 aliphatic heterocycles. The van der Waals surface area contributed by atoms with E-state index in [9.17, 15) is 5.11 Å². The smallest absolute Gasteiger partial charge is 0.0541 e. The number of rotatable bonds is 7. The first-order chi connectivity index (χ1) is 5.31. The van der Waals surface area contributed by atoms with E-state index in [1.165, 1.54) is 0 Å². The molecule has 2 heteroatoms. The van der Waals surface area contributed by atoms with E-state index in [0.29, 0.717) is 12.8 Å². The van der Waals surface area contributed by atoms with E-state index in [2.05, 4.69) is 6.58 Å². The molecule has 11 heavy (non-hydrogen) atoms. The number of unbranched alkanes of at least 4 members (excludes halogenated alkanes) is 1. The summed E-state index contributed by atoms with van der Waals surface area (Å²) in [6.07, 6.45) is 5.84. The monoisotopic (exact) mass is 158 g/mol. The van der Waals surface area contributed by atoms with Gasteiger partial charge in [-0.05, 0) is 32.1 Å². The zero-order chi connectivity index (χ0) is 8.53. The summed E-state index contributed by atoms with van der Waals surface area (Å²) < 4.78 is 0. The maximum absolute atomic E-state index is 9.26. The Morgan fingerprint density at radius 2 is 1.91 bits per heavy atom. The number of aliphatic hydroxyl groups is 2. The SMILES string of the molecule is C=CCCCC(O)CCCO. The van der Waals surface area contributed by atoms with E-state index in [0.717, 1.165) is 19.3 Å². The van der Waals surface area contributed by atoms with Crippen molar-refractivity contribution in [2.75, 3.05) is 6.61 Å². The van der Waals surface area contributed by atoms with Crippen molar-refractivity contribution in [3.05, 3.63) is 12.7 Å². The topological polar surface area (TPSA) is 40.5 Å². The Kier molecular flexibility index (Phi) is 7.52. The zero-order valence-electron chi connectivity index (χ0n) is 7.00. The highest BCUT2D eigenvalue weighted by Gasteiger charge is 2.01. The molecule has 1 atom stereocenters. The van der Waals surface area contributed by atoms with Crippen LogP contribution in [0, 0.1) is 0 Å². The second-order valence-electron chi connectivity index (χ2n) is 2.74. The summed E-state index contributed by atoms with van der Waals surface area (Å²) in [7, 11) is 0. The lowest BCUT2D eigenvalue weighted by Gasteiger charge is -2.07. The van der Waals surface area contributed by atoms with Crippen LogP contribution in [-0.2, 0) is 0 Å². The minimum absolute atomic E-state index is 0.179. The summed E-state index contributed by atoms with van der Waals surface area (Å²) in [5.74, 6) is 0. The molecular formula is C9H18O2. The maximum atomic E-state index is 9.26. The Labute approximate surface area is 68.6 Å². The van der Waals surface area contributed by atoms with E-state index in [1.54, 1.807) is 0 Å². The molecule has 0 amide bonds. The predicted octanol–water partition coefficient (Wildman–Crippen LogP) is 1.48. The van der Waals surface area contributed by atoms with E-state index >= 15 is 0 Å². The van der Waals surface area contributed by atoms with Crippen molar-refractivity contribution in [2.24, 2.45) is 0 Å². The van der Waals surface area contributed by atoms with Gasteiger partial charge in [0.05, 0.1) is 6.10 Å². The molecule has 0 rings (SSSR count). The molecule has 0 aromatic carbocycles. The minimum atomic E-state index is -0.234. The van der Waals surface area contributed by atoms with E-state index < -0.39 is 0 Å². The number of hydrogen-bond acceptors (Lipinski definition) is 2. The zero-order valence-corrected chi connectivity index (χ0v) is 7.00. The van der Waals surface area contributed by atoms with Crippen LogP contribution in [0.5, 0.6) is 0 Å². The van der Waals surface area contributed by atoms with Crippen LogP contribution in [0.3, 0.4) is 0 Å². The predicted molar refractivity (Wildman–Crippen MR) is 46.4 cm³/mol. The average Bonchev–Trinajstić information content (AvgIpc) is 2.01. The number of hydrogen-bond donors (Lipinski definition) is 2. The molecule has 66 valence electrons. The van der Waals surface area contributed by atoms with Crippen molar-refractivity contribution in [1.82, 2.24) is 0 Å². The first-order valence-corrected chi connectivity index (χ1v) is 4.21. The molecule has 0 saturated carbocycles. The van der Waals surface area contributed by atoms with Gasteiger partial charge in [0.1, 0.15) is 0 Å². The molecule has 0 aliphatic rings. The van der Waals surface area contributed by atoms with Crippen molar-refractivity contribution >= 4 is 0 Å². The van der Waals surface area contributed by atoms with E-state index in [1.807, 2.05) is 6.08 Å². The first kappa shape index (κ1) is 10.7. The molecule has 2 nitrogen and oxygen atoms in total. The van der Waals surface area contributed by atoms with Gasteiger partial charge in [-0.2, -0.15) is 0 Å². The quantitative estimate of drug-likeness (QED) is 0.435. The molecule has 0 radical (unpaired) electrons. The Bertz CT molecular complexity index is 91.6. The second-order valence-corrected chi connectivity index (χ2v) is 2.74. The fourth-order valence-electron chi connectivity index (χ4n) is 0.969. The van der Waals surface area contributed by atoms with Crippen LogP contribution in [0.4, 0.5) is 0 Å². The standard InChI is InChI=1S/C9H18O2/c1-2-3-4-6-9(11)7-5-8-10/h2,9-11H,1,3-8H2. The van der Waals surface area contributed by atoms with Gasteiger partial charge in [0.2, 0.25) is 0 Å². The van der Waals surface area contributed by atoms with Crippen molar-refractivity contribution in [1.29, 1.82) is 0 Å². The maximum Gasteiger partial charge on any atom is 0.0541 e. The third-order valence-electron chi connectivity index (χ3n) is 1.64. The van der Waals surface area contributed by atoms with Crippen molar-refractivity contribution in [2.45, 2.75) is 38.2 Å². The molecule has 0 aromatic heterocycles. The lowest BCUT2D eigenvalue weighted by molar-refractivity contribution is 0.139. The molecule has 0 saturated heterocycles. The summed E-state index contributed by atoms with van der Waals surface area (Å²) in [5.41, 5.74) is 0. The second kappa shape index (κ2) is 7.76. The van der Waals surface area contributed by atoms with Crippen LogP contribution in [0.2, 0.25) is 0 Å². The van der Waals surface area contributed by atoms with Gasteiger partial charge >= 0.3 is 0 Å². The first-order valence-electron chi connectivity index (χ1n) is 4.21. The molecule has 0 spiro atoms. The van der Waals surface area contributed by atoms with Gasteiger partial charge in [0, 0.05) is 6.61 Å². The van der Waals surface area contributed by atoms with Crippen LogP contribution >= 0.6 is 0 Å². The van der Waals surface area contributed by atoms with Gasteiger partial charge in [-0.25, -0.2) is 0 Å². The lowest BCUT2D eigenvalue weighted by Crippen LogP contribution is -2.06. The summed E-state index contributed by atoms with van der Waals surface area (Å²) in [6.45, 7) is 3.78. The molecule has 1 unspecified atom stereocenters. The highest BCUT2D eigenvalue weighted by Crippen LogP contribution is 2.06. The normalized spacial score (nSPS) is 12.9. The Morgan fingerprint density at radius 3 is 2.45 bits per heavy atom. The van der Waals surface area contributed by atoms with Gasteiger partial charge in [-0.1, -0.05) is 6.08 Å². The van der Waals surface area contributed by atoms with Gasteiger partial charge in [-0.15, -0.1) is 6.58 Å². The van der Waals surface area contributed by atoms with Crippen LogP contribution < -0.4 is 0 Å². The lowest BCUT2D eigenvalue weighted by atomic mass is 10.1. The molecule has 0 aromatic rings. The van der Waals surface area contributed by atoms with Gasteiger partial charge in [0.25, 0.3) is 0 Å². The number of allylic oxidation sites excluding steroid dienone is 1. The highest BCUT2D eigenvalue weighted by atomic mass is 16.3. The fourth-order valence-corrected chi connectivity index (χ4v) is 0.969. The van der Waals surface area contributed by atoms with Crippen LogP contribution in [0.25, 0.3) is 0 Å². The van der Waals surface area contributed by atoms with Crippen molar-refractivity contribution in [3.8, 4) is 0 Å². The third-order valence-corrected chi connectivity index (χ3v) is 1.64. The fraction of sp³-hybridized carbons (Fsp3) is 0.778. The molecule has 0 fully saturated rings. The third kappa shape index (κ3) is 7.56. The molecular weight excluding hydrogens is 140 g/mol. The molecule has 0 aliphatic carbocycles. The largest absolute Gasteiger partial charge is 0.396 e. The Morgan fingerprint density at radius 1 is 1.27 bits per heavy atom. The molecule has 0 heterocycles. The summed E-state index contributed by atoms with van der Waals surface area (Å²) in [5, 5.41) is 17.7. The van der Waals surface area contributed by atoms with Crippen LogP contribution in [-0.4, -0.2) is 22.9 Å². The van der Waals surface area contributed by atoms with Gasteiger partial charge in [0.15, 0.2) is 0 Å².